The van der Waals surface area contributed by atoms with Crippen LogP contribution in [0.15, 0.2) is 0 Å². The van der Waals surface area contributed by atoms with Crippen LogP contribution in [0.1, 0.15) is 0 Å². The van der Waals surface area contributed by atoms with E-state index in [1.165, 1.54) is 0 Å². The minimum Gasteiger partial charge on any atom is -0.352 e. The SMILES string of the molecule is NCP(=O)(CNC(N)=O)CNC(N)=O. The zero-order valence-electron chi connectivity index (χ0n) is 7.53. The second kappa shape index (κ2) is 5.46. The molecule has 0 saturated carbocycles. The summed E-state index contributed by atoms with van der Waals surface area (Å²) in [5.41, 5.74) is 14.8. The maximum atomic E-state index is 11.7. The fraction of sp³-hybridized carbons (Fsp3) is 0.600. The topological polar surface area (TPSA) is 153 Å². The maximum absolute atomic E-state index is 11.7. The third kappa shape index (κ3) is 5.39. The Morgan fingerprint density at radius 1 is 1.07 bits per heavy atom. The van der Waals surface area contributed by atoms with E-state index in [0.29, 0.717) is 0 Å². The molecule has 14 heavy (non-hydrogen) atoms. The second-order valence-corrected chi connectivity index (χ2v) is 5.75. The molecule has 0 fully saturated rings. The molecule has 0 heterocycles. The molecule has 82 valence electrons. The van der Waals surface area contributed by atoms with E-state index in [9.17, 15) is 14.2 Å². The molecule has 0 aliphatic heterocycles. The van der Waals surface area contributed by atoms with Gasteiger partial charge in [0.1, 0.15) is 7.14 Å². The summed E-state index contributed by atoms with van der Waals surface area (Å²) < 4.78 is 11.7. The number of carbonyl (C=O) groups excluding carboxylic acids is 2. The third-order valence-electron chi connectivity index (χ3n) is 1.42. The quantitative estimate of drug-likeness (QED) is 0.360. The lowest BCUT2D eigenvalue weighted by Crippen LogP contribution is -2.36. The Morgan fingerprint density at radius 3 is 1.64 bits per heavy atom. The minimum atomic E-state index is -2.85. The lowest BCUT2D eigenvalue weighted by Gasteiger charge is -2.15. The normalized spacial score (nSPS) is 10.6. The minimum absolute atomic E-state index is 0.145. The molecule has 0 atom stereocenters. The van der Waals surface area contributed by atoms with Gasteiger partial charge in [-0.15, -0.1) is 0 Å². The van der Waals surface area contributed by atoms with Gasteiger partial charge >= 0.3 is 12.1 Å². The number of rotatable bonds is 5. The summed E-state index contributed by atoms with van der Waals surface area (Å²) in [5, 5.41) is 4.33. The Balaban J connectivity index is 4.11. The number of nitrogens with one attached hydrogen (secondary N) is 2. The summed E-state index contributed by atoms with van der Waals surface area (Å²) >= 11 is 0. The smallest absolute Gasteiger partial charge is 0.312 e. The summed E-state index contributed by atoms with van der Waals surface area (Å²) in [5.74, 6) is 0. The number of nitrogens with two attached hydrogens (primary N) is 3. The average Bonchev–Trinajstić information content (AvgIpc) is 2.11. The van der Waals surface area contributed by atoms with Crippen LogP contribution in [-0.2, 0) is 4.57 Å². The van der Waals surface area contributed by atoms with Crippen molar-refractivity contribution in [3.63, 3.8) is 0 Å². The van der Waals surface area contributed by atoms with Crippen LogP contribution in [0.5, 0.6) is 0 Å². The van der Waals surface area contributed by atoms with E-state index in [4.69, 9.17) is 17.2 Å². The lowest BCUT2D eigenvalue weighted by molar-refractivity contribution is 0.250. The first-order chi connectivity index (χ1) is 6.39. The van der Waals surface area contributed by atoms with Crippen LogP contribution in [0.3, 0.4) is 0 Å². The predicted molar refractivity (Wildman–Crippen MR) is 51.8 cm³/mol. The van der Waals surface area contributed by atoms with Crippen molar-refractivity contribution in [2.45, 2.75) is 0 Å². The number of hydrogen-bond donors (Lipinski definition) is 5. The van der Waals surface area contributed by atoms with Gasteiger partial charge in [0.15, 0.2) is 0 Å². The number of primary amides is 2. The molecule has 0 rings (SSSR count). The molecule has 0 radical (unpaired) electrons. The first-order valence-corrected chi connectivity index (χ1v) is 5.99. The highest BCUT2D eigenvalue weighted by molar-refractivity contribution is 7.63. The summed E-state index contributed by atoms with van der Waals surface area (Å²) in [6, 6.07) is -1.59. The van der Waals surface area contributed by atoms with Gasteiger partial charge in [-0.05, 0) is 0 Å². The molecule has 0 aromatic rings. The van der Waals surface area contributed by atoms with Gasteiger partial charge < -0.3 is 32.4 Å². The summed E-state index contributed by atoms with van der Waals surface area (Å²) in [4.78, 5) is 20.7. The third-order valence-corrected chi connectivity index (χ3v) is 3.55. The molecule has 8 nitrogen and oxygen atoms in total. The van der Waals surface area contributed by atoms with Gasteiger partial charge in [-0.3, -0.25) is 0 Å². The highest BCUT2D eigenvalue weighted by Gasteiger charge is 2.20. The van der Waals surface area contributed by atoms with E-state index in [-0.39, 0.29) is 18.9 Å². The van der Waals surface area contributed by atoms with E-state index in [1.54, 1.807) is 0 Å². The molecule has 0 spiro atoms. The number of carbonyl (C=O) groups is 2. The summed E-state index contributed by atoms with van der Waals surface area (Å²) in [6.45, 7) is 0. The summed E-state index contributed by atoms with van der Waals surface area (Å²) in [7, 11) is -2.85. The maximum Gasteiger partial charge on any atom is 0.312 e. The van der Waals surface area contributed by atoms with Gasteiger partial charge in [-0.25, -0.2) is 9.59 Å². The number of urea groups is 2. The van der Waals surface area contributed by atoms with Crippen molar-refractivity contribution >= 4 is 19.2 Å². The van der Waals surface area contributed by atoms with Crippen LogP contribution in [-0.4, -0.2) is 30.9 Å². The van der Waals surface area contributed by atoms with Crippen molar-refractivity contribution in [3.8, 4) is 0 Å². The largest absolute Gasteiger partial charge is 0.352 e. The first kappa shape index (κ1) is 12.7. The van der Waals surface area contributed by atoms with Crippen LogP contribution in [0.25, 0.3) is 0 Å². The van der Waals surface area contributed by atoms with E-state index >= 15 is 0 Å². The van der Waals surface area contributed by atoms with Crippen LogP contribution in [0.4, 0.5) is 9.59 Å². The Kier molecular flexibility index (Phi) is 4.96. The van der Waals surface area contributed by atoms with Gasteiger partial charge in [-0.2, -0.15) is 0 Å². The zero-order chi connectivity index (χ0) is 11.2. The fourth-order valence-corrected chi connectivity index (χ4v) is 1.89. The fourth-order valence-electron chi connectivity index (χ4n) is 0.629. The number of hydrogen-bond acceptors (Lipinski definition) is 4. The van der Waals surface area contributed by atoms with E-state index in [2.05, 4.69) is 10.6 Å². The van der Waals surface area contributed by atoms with Crippen molar-refractivity contribution in [1.82, 2.24) is 10.6 Å². The number of amides is 4. The summed E-state index contributed by atoms with van der Waals surface area (Å²) in [6.07, 6.45) is -0.453. The van der Waals surface area contributed by atoms with Crippen molar-refractivity contribution in [3.05, 3.63) is 0 Å². The van der Waals surface area contributed by atoms with Gasteiger partial charge in [0.2, 0.25) is 0 Å². The molecule has 0 saturated heterocycles. The Bertz CT molecular complexity index is 246. The van der Waals surface area contributed by atoms with Gasteiger partial charge in [0.05, 0.1) is 12.6 Å². The molecule has 0 aromatic carbocycles. The van der Waals surface area contributed by atoms with Crippen LogP contribution in [0, 0.1) is 0 Å². The van der Waals surface area contributed by atoms with Gasteiger partial charge in [0, 0.05) is 6.29 Å². The van der Waals surface area contributed by atoms with Crippen LogP contribution in [0.2, 0.25) is 0 Å². The first-order valence-electron chi connectivity index (χ1n) is 3.73. The van der Waals surface area contributed by atoms with Crippen LogP contribution >= 0.6 is 7.14 Å². The molecule has 4 amide bonds. The Morgan fingerprint density at radius 2 is 1.43 bits per heavy atom. The Hall–Kier alpha value is -1.27. The van der Waals surface area contributed by atoms with E-state index in [0.717, 1.165) is 0 Å². The standard InChI is InChI=1S/C5H14N5O3P/c6-1-14(13,2-9-4(7)11)3-10-5(8)12/h1-3,6H2,(H3,7,9,11)(H3,8,10,12). The molecule has 8 N–H and O–H groups in total. The molecule has 0 unspecified atom stereocenters. The van der Waals surface area contributed by atoms with E-state index < -0.39 is 19.2 Å². The monoisotopic (exact) mass is 223 g/mol. The molecular formula is C5H14N5O3P. The van der Waals surface area contributed by atoms with Crippen molar-refractivity contribution in [2.24, 2.45) is 17.2 Å². The second-order valence-electron chi connectivity index (χ2n) is 2.64. The molecule has 9 heteroatoms. The van der Waals surface area contributed by atoms with E-state index in [1.807, 2.05) is 0 Å². The average molecular weight is 223 g/mol. The highest BCUT2D eigenvalue weighted by atomic mass is 31.2. The van der Waals surface area contributed by atoms with Crippen molar-refractivity contribution < 1.29 is 14.2 Å². The highest BCUT2D eigenvalue weighted by Crippen LogP contribution is 2.40. The predicted octanol–water partition coefficient (Wildman–Crippen LogP) is -1.48. The van der Waals surface area contributed by atoms with Crippen molar-refractivity contribution in [2.75, 3.05) is 18.9 Å². The van der Waals surface area contributed by atoms with Gasteiger partial charge in [0.25, 0.3) is 0 Å². The molecular weight excluding hydrogens is 209 g/mol. The Labute approximate surface area is 80.9 Å². The molecule has 0 aliphatic carbocycles. The lowest BCUT2D eigenvalue weighted by atomic mass is 11.0. The molecule has 0 aliphatic rings. The van der Waals surface area contributed by atoms with Crippen molar-refractivity contribution in [1.29, 1.82) is 0 Å². The zero-order valence-corrected chi connectivity index (χ0v) is 8.42. The molecule has 0 aromatic heterocycles. The molecule has 0 bridgehead atoms. The van der Waals surface area contributed by atoms with Crippen LogP contribution < -0.4 is 27.8 Å². The van der Waals surface area contributed by atoms with Gasteiger partial charge in [-0.1, -0.05) is 0 Å².